The first kappa shape index (κ1) is 23.7. The molecule has 10 heteroatoms. The summed E-state index contributed by atoms with van der Waals surface area (Å²) in [6.07, 6.45) is -10.1. The summed E-state index contributed by atoms with van der Waals surface area (Å²) >= 11 is 1.40. The quantitative estimate of drug-likeness (QED) is 0.332. The minimum atomic E-state index is -4.57. The molecule has 0 N–H and O–H groups in total. The molecule has 3 atom stereocenters. The van der Waals surface area contributed by atoms with Crippen molar-refractivity contribution < 1.29 is 35.9 Å². The predicted molar refractivity (Wildman–Crippen MR) is 118 cm³/mol. The second kappa shape index (κ2) is 8.29. The van der Waals surface area contributed by atoms with E-state index in [1.165, 1.54) is 29.2 Å². The topological polar surface area (TPSA) is 29.5 Å². The summed E-state index contributed by atoms with van der Waals surface area (Å²) in [6.45, 7) is 1.53. The zero-order valence-electron chi connectivity index (χ0n) is 18.3. The third-order valence-electron chi connectivity index (χ3n) is 6.54. The fourth-order valence-electron chi connectivity index (χ4n) is 5.08. The second-order valence-electron chi connectivity index (χ2n) is 8.81. The van der Waals surface area contributed by atoms with Crippen LogP contribution in [-0.2, 0) is 17.1 Å². The normalized spacial score (nSPS) is 22.4. The van der Waals surface area contributed by atoms with Crippen LogP contribution < -0.4 is 0 Å². The predicted octanol–water partition coefficient (Wildman–Crippen LogP) is 8.16. The zero-order valence-corrected chi connectivity index (χ0v) is 19.1. The van der Waals surface area contributed by atoms with Gasteiger partial charge < -0.3 is 4.74 Å². The molecule has 3 nitrogen and oxygen atoms in total. The molecule has 5 rings (SSSR count). The highest BCUT2D eigenvalue weighted by molar-refractivity contribution is 7.08. The lowest BCUT2D eigenvalue weighted by Gasteiger charge is -2.25. The van der Waals surface area contributed by atoms with Crippen molar-refractivity contribution in [2.45, 2.75) is 50.3 Å². The average molecular weight is 511 g/mol. The Kier molecular flexibility index (Phi) is 5.62. The van der Waals surface area contributed by atoms with Gasteiger partial charge >= 0.3 is 18.4 Å². The van der Waals surface area contributed by atoms with Crippen LogP contribution in [0.25, 0.3) is 11.1 Å². The van der Waals surface area contributed by atoms with E-state index < -0.39 is 47.8 Å². The summed E-state index contributed by atoms with van der Waals surface area (Å²) in [5.74, 6) is 0. The number of nitrogens with zero attached hydrogens (tertiary/aromatic N) is 1. The lowest BCUT2D eigenvalue weighted by Crippen LogP contribution is -2.31. The van der Waals surface area contributed by atoms with Crippen LogP contribution in [0.1, 0.15) is 52.8 Å². The van der Waals surface area contributed by atoms with E-state index in [2.05, 4.69) is 0 Å². The third-order valence-corrected chi connectivity index (χ3v) is 7.23. The molecule has 3 heterocycles. The van der Waals surface area contributed by atoms with Crippen LogP contribution in [0, 0.1) is 6.92 Å². The van der Waals surface area contributed by atoms with Gasteiger partial charge in [-0.05, 0) is 83.1 Å². The van der Waals surface area contributed by atoms with Gasteiger partial charge in [-0.25, -0.2) is 4.79 Å². The number of carbonyl (C=O) groups excluding carboxylic acids is 1. The van der Waals surface area contributed by atoms with E-state index in [-0.39, 0.29) is 5.56 Å². The van der Waals surface area contributed by atoms with E-state index >= 15 is 0 Å². The molecule has 2 aromatic carbocycles. The van der Waals surface area contributed by atoms with Gasteiger partial charge in [0.15, 0.2) is 0 Å². The van der Waals surface area contributed by atoms with Crippen LogP contribution in [0.3, 0.4) is 0 Å². The number of rotatable bonds is 3. The summed E-state index contributed by atoms with van der Waals surface area (Å²) in [7, 11) is 0. The smallest absolute Gasteiger partial charge is 0.416 e. The van der Waals surface area contributed by atoms with Gasteiger partial charge in [-0.3, -0.25) is 4.90 Å². The molecule has 2 aliphatic heterocycles. The minimum absolute atomic E-state index is 0.223. The van der Waals surface area contributed by atoms with Crippen molar-refractivity contribution >= 4 is 17.4 Å². The average Bonchev–Trinajstić information content (AvgIpc) is 3.50. The summed E-state index contributed by atoms with van der Waals surface area (Å²) in [6, 6.07) is 7.54. The van der Waals surface area contributed by atoms with Gasteiger partial charge in [-0.2, -0.15) is 37.7 Å². The molecular formula is C25H19F6NO2S. The van der Waals surface area contributed by atoms with E-state index in [1.807, 2.05) is 10.8 Å². The molecule has 0 radical (unpaired) electrons. The Morgan fingerprint density at radius 2 is 1.69 bits per heavy atom. The third kappa shape index (κ3) is 4.28. The van der Waals surface area contributed by atoms with Gasteiger partial charge in [0, 0.05) is 0 Å². The van der Waals surface area contributed by atoms with E-state index in [9.17, 15) is 31.1 Å². The Hall–Kier alpha value is -3.01. The van der Waals surface area contributed by atoms with E-state index in [1.54, 1.807) is 12.1 Å². The van der Waals surface area contributed by atoms with Crippen molar-refractivity contribution in [1.29, 1.82) is 0 Å². The number of amides is 1. The summed E-state index contributed by atoms with van der Waals surface area (Å²) < 4.78 is 86.2. The number of benzene rings is 2. The molecule has 1 aromatic heterocycles. The number of halogens is 6. The van der Waals surface area contributed by atoms with Gasteiger partial charge in [0.1, 0.15) is 6.10 Å². The van der Waals surface area contributed by atoms with Crippen LogP contribution >= 0.6 is 11.3 Å². The number of ether oxygens (including phenoxy) is 1. The number of cyclic esters (lactones) is 1. The van der Waals surface area contributed by atoms with Gasteiger partial charge in [0.05, 0.1) is 23.2 Å². The van der Waals surface area contributed by atoms with Crippen molar-refractivity contribution in [2.24, 2.45) is 0 Å². The maximum Gasteiger partial charge on any atom is 0.416 e. The summed E-state index contributed by atoms with van der Waals surface area (Å²) in [5, 5.41) is 3.62. The summed E-state index contributed by atoms with van der Waals surface area (Å²) in [4.78, 5) is 14.3. The number of carbonyl (C=O) groups is 1. The molecular weight excluding hydrogens is 492 g/mol. The maximum atomic E-state index is 13.5. The lowest BCUT2D eigenvalue weighted by atomic mass is 9.93. The van der Waals surface area contributed by atoms with Gasteiger partial charge in [0.25, 0.3) is 0 Å². The number of alkyl halides is 6. The van der Waals surface area contributed by atoms with Crippen molar-refractivity contribution in [2.75, 3.05) is 0 Å². The molecule has 35 heavy (non-hydrogen) atoms. The molecule has 184 valence electrons. The van der Waals surface area contributed by atoms with Gasteiger partial charge in [-0.15, -0.1) is 0 Å². The number of hydrogen-bond acceptors (Lipinski definition) is 3. The number of fused-ring (bicyclic) bond motifs is 1. The van der Waals surface area contributed by atoms with Crippen LogP contribution in [0.2, 0.25) is 0 Å². The molecule has 2 aliphatic rings. The Morgan fingerprint density at radius 1 is 0.943 bits per heavy atom. The van der Waals surface area contributed by atoms with Crippen LogP contribution in [0.5, 0.6) is 0 Å². The Labute approximate surface area is 200 Å². The first-order valence-electron chi connectivity index (χ1n) is 10.8. The molecule has 2 saturated heterocycles. The molecule has 0 saturated carbocycles. The van der Waals surface area contributed by atoms with Crippen molar-refractivity contribution in [3.63, 3.8) is 0 Å². The largest absolute Gasteiger partial charge is 0.439 e. The fraction of sp³-hybridized carbons (Fsp3) is 0.320. The number of aryl methyl sites for hydroxylation is 1. The maximum absolute atomic E-state index is 13.5. The summed E-state index contributed by atoms with van der Waals surface area (Å²) in [5.41, 5.74) is 0.591. The molecule has 2 fully saturated rings. The molecule has 3 aromatic rings. The van der Waals surface area contributed by atoms with E-state index in [0.29, 0.717) is 29.5 Å². The molecule has 0 spiro atoms. The monoisotopic (exact) mass is 511 g/mol. The first-order chi connectivity index (χ1) is 16.4. The van der Waals surface area contributed by atoms with Crippen LogP contribution in [0.4, 0.5) is 31.1 Å². The molecule has 1 amide bonds. The van der Waals surface area contributed by atoms with Gasteiger partial charge in [0.2, 0.25) is 0 Å². The molecule has 0 bridgehead atoms. The second-order valence-corrected chi connectivity index (χ2v) is 9.59. The van der Waals surface area contributed by atoms with Crippen molar-refractivity contribution in [3.8, 4) is 11.1 Å². The lowest BCUT2D eigenvalue weighted by molar-refractivity contribution is -0.138. The fourth-order valence-corrected chi connectivity index (χ4v) is 5.73. The number of hydrogen-bond donors (Lipinski definition) is 0. The van der Waals surface area contributed by atoms with Gasteiger partial charge in [-0.1, -0.05) is 17.7 Å². The Balaban J connectivity index is 1.55. The highest BCUT2D eigenvalue weighted by Gasteiger charge is 2.51. The highest BCUT2D eigenvalue weighted by atomic mass is 32.1. The standard InChI is InChI=1S/C25H19F6NO2S/c1-13-8-15(10-17(9-13)25(29,30)31)22-21-5-4-20(32(21)23(33)34-22)19-11-16(24(26,27)28)2-3-18(19)14-6-7-35-12-14/h2-3,6-12,20-22H,4-5H2,1H3/t20-,21-,22+/m0/s1. The van der Waals surface area contributed by atoms with Crippen molar-refractivity contribution in [3.05, 3.63) is 81.0 Å². The van der Waals surface area contributed by atoms with Crippen molar-refractivity contribution in [1.82, 2.24) is 4.90 Å². The minimum Gasteiger partial charge on any atom is -0.439 e. The zero-order chi connectivity index (χ0) is 25.1. The number of thiophene rings is 1. The molecule has 0 unspecified atom stereocenters. The Bertz CT molecular complexity index is 1270. The van der Waals surface area contributed by atoms with E-state index in [4.69, 9.17) is 4.74 Å². The molecule has 0 aliphatic carbocycles. The highest BCUT2D eigenvalue weighted by Crippen LogP contribution is 2.50. The first-order valence-corrected chi connectivity index (χ1v) is 11.8. The Morgan fingerprint density at radius 3 is 2.34 bits per heavy atom. The van der Waals surface area contributed by atoms with Crippen LogP contribution in [-0.4, -0.2) is 17.0 Å². The SMILES string of the molecule is Cc1cc([C@H]2OC(=O)N3[C@H](c4cc(C(F)(F)F)ccc4-c4ccsc4)CC[C@@H]23)cc(C(F)(F)F)c1. The van der Waals surface area contributed by atoms with Crippen LogP contribution in [0.15, 0.2) is 53.2 Å². The van der Waals surface area contributed by atoms with E-state index in [0.717, 1.165) is 29.8 Å².